The van der Waals surface area contributed by atoms with Crippen LogP contribution in [-0.2, 0) is 0 Å². The van der Waals surface area contributed by atoms with Gasteiger partial charge in [0.1, 0.15) is 0 Å². The lowest BCUT2D eigenvalue weighted by atomic mass is 10.1. The number of likely N-dealkylation sites (tertiary alicyclic amines) is 1. The maximum Gasteiger partial charge on any atom is 0.304 e. The monoisotopic (exact) mass is 282 g/mol. The number of aliphatic hydroxyl groups is 1. The minimum atomic E-state index is -1.01. The van der Waals surface area contributed by atoms with Gasteiger partial charge in [-0.05, 0) is 30.9 Å². The fourth-order valence-corrected chi connectivity index (χ4v) is 2.41. The van der Waals surface area contributed by atoms with Gasteiger partial charge in [0.25, 0.3) is 5.91 Å². The summed E-state index contributed by atoms with van der Waals surface area (Å²) in [5.41, 5.74) is -0.529. The summed E-state index contributed by atoms with van der Waals surface area (Å²) in [5.74, 6) is -1.09. The molecule has 1 amide bonds. The van der Waals surface area contributed by atoms with Gasteiger partial charge >= 0.3 is 5.69 Å². The summed E-state index contributed by atoms with van der Waals surface area (Å²) in [6, 6.07) is 3.17. The minimum Gasteiger partial charge on any atom is -0.396 e. The molecule has 0 saturated carbocycles. The number of nitro benzene ring substituents is 1. The third-order valence-corrected chi connectivity index (χ3v) is 3.50. The molecule has 1 fully saturated rings. The zero-order chi connectivity index (χ0) is 14.7. The van der Waals surface area contributed by atoms with E-state index in [1.807, 2.05) is 0 Å². The number of hydrogen-bond donors (Lipinski definition) is 1. The first kappa shape index (κ1) is 14.4. The number of hydrogen-bond acceptors (Lipinski definition) is 4. The number of nitrogens with zero attached hydrogens (tertiary/aromatic N) is 2. The molecular formula is C13H15FN2O4. The first-order valence-corrected chi connectivity index (χ1v) is 6.37. The molecule has 1 aliphatic heterocycles. The molecule has 0 radical (unpaired) electrons. The van der Waals surface area contributed by atoms with E-state index in [0.717, 1.165) is 18.6 Å². The summed E-state index contributed by atoms with van der Waals surface area (Å²) in [7, 11) is 0. The fourth-order valence-electron chi connectivity index (χ4n) is 2.41. The van der Waals surface area contributed by atoms with Crippen molar-refractivity contribution in [2.24, 2.45) is 5.92 Å². The van der Waals surface area contributed by atoms with Gasteiger partial charge in [0.15, 0.2) is 0 Å². The molecule has 1 saturated heterocycles. The summed E-state index contributed by atoms with van der Waals surface area (Å²) < 4.78 is 13.5. The van der Waals surface area contributed by atoms with Crippen molar-refractivity contribution in [2.75, 3.05) is 19.7 Å². The second-order valence-corrected chi connectivity index (χ2v) is 4.84. The van der Waals surface area contributed by atoms with E-state index in [1.165, 1.54) is 6.07 Å². The van der Waals surface area contributed by atoms with Crippen molar-refractivity contribution in [2.45, 2.75) is 12.8 Å². The lowest BCUT2D eigenvalue weighted by Crippen LogP contribution is -2.28. The Hall–Kier alpha value is -2.02. The van der Waals surface area contributed by atoms with E-state index in [2.05, 4.69) is 0 Å². The van der Waals surface area contributed by atoms with Crippen LogP contribution in [0.25, 0.3) is 0 Å². The quantitative estimate of drug-likeness (QED) is 0.671. The molecule has 1 heterocycles. The van der Waals surface area contributed by atoms with Crippen LogP contribution in [0.2, 0.25) is 0 Å². The molecule has 1 aromatic carbocycles. The van der Waals surface area contributed by atoms with Gasteiger partial charge in [-0.15, -0.1) is 0 Å². The summed E-state index contributed by atoms with van der Waals surface area (Å²) >= 11 is 0. The van der Waals surface area contributed by atoms with Crippen LogP contribution in [0.3, 0.4) is 0 Å². The average molecular weight is 282 g/mol. The lowest BCUT2D eigenvalue weighted by Gasteiger charge is -2.16. The van der Waals surface area contributed by atoms with E-state index >= 15 is 0 Å². The van der Waals surface area contributed by atoms with Gasteiger partial charge < -0.3 is 10.0 Å². The highest BCUT2D eigenvalue weighted by molar-refractivity contribution is 5.94. The summed E-state index contributed by atoms with van der Waals surface area (Å²) in [6.45, 7) is 1.17. The molecule has 1 unspecified atom stereocenters. The third kappa shape index (κ3) is 2.93. The topological polar surface area (TPSA) is 83.7 Å². The van der Waals surface area contributed by atoms with Crippen LogP contribution in [-0.4, -0.2) is 40.5 Å². The molecule has 1 N–H and O–H groups in total. The summed E-state index contributed by atoms with van der Waals surface area (Å²) in [4.78, 5) is 23.4. The normalized spacial score (nSPS) is 18.3. The van der Waals surface area contributed by atoms with Crippen molar-refractivity contribution in [3.05, 3.63) is 39.7 Å². The first-order valence-electron chi connectivity index (χ1n) is 6.37. The standard InChI is InChI=1S/C13H15FN2O4/c14-11-7-10(1-2-12(11)16(19)20)13(18)15-5-3-9(8-15)4-6-17/h1-2,7,9,17H,3-6,8H2. The molecule has 1 aliphatic rings. The molecular weight excluding hydrogens is 267 g/mol. The Balaban J connectivity index is 2.10. The van der Waals surface area contributed by atoms with E-state index in [-0.39, 0.29) is 24.0 Å². The van der Waals surface area contributed by atoms with Crippen molar-refractivity contribution in [3.63, 3.8) is 0 Å². The van der Waals surface area contributed by atoms with Crippen molar-refractivity contribution in [1.29, 1.82) is 0 Å². The van der Waals surface area contributed by atoms with Crippen molar-refractivity contribution >= 4 is 11.6 Å². The predicted molar refractivity (Wildman–Crippen MR) is 68.8 cm³/mol. The van der Waals surface area contributed by atoms with Gasteiger partial charge in [-0.3, -0.25) is 14.9 Å². The first-order chi connectivity index (χ1) is 9.52. The van der Waals surface area contributed by atoms with E-state index in [1.54, 1.807) is 4.90 Å². The number of nitro groups is 1. The molecule has 0 bridgehead atoms. The van der Waals surface area contributed by atoms with Gasteiger partial charge in [-0.1, -0.05) is 0 Å². The Labute approximate surface area is 115 Å². The summed E-state index contributed by atoms with van der Waals surface area (Å²) in [6.07, 6.45) is 1.44. The number of benzene rings is 1. The highest BCUT2D eigenvalue weighted by Gasteiger charge is 2.27. The number of amides is 1. The number of aliphatic hydroxyl groups excluding tert-OH is 1. The van der Waals surface area contributed by atoms with Gasteiger partial charge in [0, 0.05) is 31.3 Å². The van der Waals surface area contributed by atoms with Gasteiger partial charge in [0.2, 0.25) is 5.82 Å². The second-order valence-electron chi connectivity index (χ2n) is 4.84. The number of carbonyl (C=O) groups is 1. The number of carbonyl (C=O) groups excluding carboxylic acids is 1. The largest absolute Gasteiger partial charge is 0.396 e. The van der Waals surface area contributed by atoms with E-state index < -0.39 is 16.4 Å². The zero-order valence-electron chi connectivity index (χ0n) is 10.8. The molecule has 7 heteroatoms. The van der Waals surface area contributed by atoms with Gasteiger partial charge in [-0.25, -0.2) is 0 Å². The van der Waals surface area contributed by atoms with Crippen molar-refractivity contribution < 1.29 is 19.2 Å². The molecule has 2 rings (SSSR count). The highest BCUT2D eigenvalue weighted by Crippen LogP contribution is 2.23. The highest BCUT2D eigenvalue weighted by atomic mass is 19.1. The number of rotatable bonds is 4. The average Bonchev–Trinajstić information content (AvgIpc) is 2.86. The SMILES string of the molecule is O=C(c1ccc([N+](=O)[O-])c(F)c1)N1CCC(CCO)C1. The molecule has 1 atom stereocenters. The maximum absolute atomic E-state index is 13.5. The molecule has 6 nitrogen and oxygen atoms in total. The Kier molecular flexibility index (Phi) is 4.29. The van der Waals surface area contributed by atoms with Crippen LogP contribution in [0.5, 0.6) is 0 Å². The fraction of sp³-hybridized carbons (Fsp3) is 0.462. The predicted octanol–water partition coefficient (Wildman–Crippen LogP) is 1.58. The van der Waals surface area contributed by atoms with Crippen LogP contribution in [0, 0.1) is 21.8 Å². The third-order valence-electron chi connectivity index (χ3n) is 3.50. The van der Waals surface area contributed by atoms with Crippen molar-refractivity contribution in [3.8, 4) is 0 Å². The van der Waals surface area contributed by atoms with E-state index in [0.29, 0.717) is 19.5 Å². The smallest absolute Gasteiger partial charge is 0.304 e. The molecule has 0 aromatic heterocycles. The van der Waals surface area contributed by atoms with Gasteiger partial charge in [0.05, 0.1) is 4.92 Å². The van der Waals surface area contributed by atoms with Crippen LogP contribution in [0.1, 0.15) is 23.2 Å². The Morgan fingerprint density at radius 3 is 2.90 bits per heavy atom. The second kappa shape index (κ2) is 5.96. The Morgan fingerprint density at radius 1 is 1.55 bits per heavy atom. The molecule has 0 aliphatic carbocycles. The minimum absolute atomic E-state index is 0.0822. The summed E-state index contributed by atoms with van der Waals surface area (Å²) in [5, 5.41) is 19.4. The lowest BCUT2D eigenvalue weighted by molar-refractivity contribution is -0.387. The molecule has 0 spiro atoms. The number of halogens is 1. The van der Waals surface area contributed by atoms with E-state index in [9.17, 15) is 19.3 Å². The zero-order valence-corrected chi connectivity index (χ0v) is 10.8. The Bertz CT molecular complexity index is 535. The maximum atomic E-state index is 13.5. The van der Waals surface area contributed by atoms with Gasteiger partial charge in [-0.2, -0.15) is 4.39 Å². The van der Waals surface area contributed by atoms with Crippen LogP contribution >= 0.6 is 0 Å². The van der Waals surface area contributed by atoms with Crippen LogP contribution in [0.4, 0.5) is 10.1 Å². The molecule has 1 aromatic rings. The molecule has 20 heavy (non-hydrogen) atoms. The van der Waals surface area contributed by atoms with Crippen molar-refractivity contribution in [1.82, 2.24) is 4.90 Å². The Morgan fingerprint density at radius 2 is 2.30 bits per heavy atom. The molecule has 108 valence electrons. The van der Waals surface area contributed by atoms with Crippen LogP contribution in [0.15, 0.2) is 18.2 Å². The van der Waals surface area contributed by atoms with Crippen LogP contribution < -0.4 is 0 Å². The van der Waals surface area contributed by atoms with E-state index in [4.69, 9.17) is 5.11 Å².